The van der Waals surface area contributed by atoms with E-state index in [0.717, 1.165) is 41.8 Å². The molecular formula is C46H67N9O10. The van der Waals surface area contributed by atoms with Gasteiger partial charge in [-0.3, -0.25) is 28.8 Å². The van der Waals surface area contributed by atoms with Crippen LogP contribution in [0.15, 0.2) is 64.2 Å². The third-order valence-electron chi connectivity index (χ3n) is 10.0. The lowest BCUT2D eigenvalue weighted by molar-refractivity contribution is 0.0526. The number of unbranched alkanes of at least 4 members (excludes halogenated alkanes) is 2. The number of hydrogen-bond donors (Lipinski definition) is 7. The smallest absolute Gasteiger partial charge is 0.407 e. The Labute approximate surface area is 380 Å². The van der Waals surface area contributed by atoms with E-state index in [1.807, 2.05) is 13.0 Å². The van der Waals surface area contributed by atoms with Gasteiger partial charge in [-0.25, -0.2) is 4.79 Å². The molecule has 0 radical (unpaired) electrons. The molecule has 1 atom stereocenters. The summed E-state index contributed by atoms with van der Waals surface area (Å²) in [5.41, 5.74) is -2.37. The second-order valence-electron chi connectivity index (χ2n) is 16.6. The van der Waals surface area contributed by atoms with Crippen LogP contribution in [0.2, 0.25) is 0 Å². The van der Waals surface area contributed by atoms with Crippen molar-refractivity contribution in [2.75, 3.05) is 59.0 Å². The monoisotopic (exact) mass is 906 g/mol. The SMILES string of the molecule is CCCCOn1c2ccc(c1=O)C(=O)NCCCNCCCCNCCCNC(=O)c1ccc(n(OCc3ccccc3)c1=O)C(=O)NC[C@H](CCCCNC(=O)OC(C)(C)C)NC2=O. The predicted octanol–water partition coefficient (Wildman–Crippen LogP) is 2.30. The third kappa shape index (κ3) is 17.7. The first-order valence-corrected chi connectivity index (χ1v) is 22.7. The summed E-state index contributed by atoms with van der Waals surface area (Å²) in [5, 5.41) is 20.7. The largest absolute Gasteiger partial charge is 0.444 e. The van der Waals surface area contributed by atoms with Crippen LogP contribution < -0.4 is 58.0 Å². The minimum absolute atomic E-state index is 0.0909. The van der Waals surface area contributed by atoms with Crippen molar-refractivity contribution in [3.63, 3.8) is 0 Å². The van der Waals surface area contributed by atoms with E-state index in [4.69, 9.17) is 14.4 Å². The number of alkyl carbamates (subject to hydrolysis) is 1. The van der Waals surface area contributed by atoms with Gasteiger partial charge in [-0.05, 0) is 128 Å². The number of ether oxygens (including phenoxy) is 1. The molecule has 7 N–H and O–H groups in total. The molecule has 5 amide bonds. The Morgan fingerprint density at radius 2 is 1.23 bits per heavy atom. The summed E-state index contributed by atoms with van der Waals surface area (Å²) in [5.74, 6) is -2.65. The Morgan fingerprint density at radius 1 is 0.662 bits per heavy atom. The zero-order valence-corrected chi connectivity index (χ0v) is 38.2. The van der Waals surface area contributed by atoms with E-state index in [1.165, 1.54) is 24.3 Å². The van der Waals surface area contributed by atoms with Gasteiger partial charge in [0.2, 0.25) is 0 Å². The van der Waals surface area contributed by atoms with Crippen molar-refractivity contribution in [2.45, 2.75) is 104 Å². The lowest BCUT2D eigenvalue weighted by Gasteiger charge is -2.22. The van der Waals surface area contributed by atoms with Gasteiger partial charge in [0.25, 0.3) is 34.7 Å². The number of hydrogen-bond acceptors (Lipinski definition) is 12. The van der Waals surface area contributed by atoms with Crippen LogP contribution in [0.3, 0.4) is 0 Å². The van der Waals surface area contributed by atoms with E-state index in [9.17, 15) is 33.6 Å². The van der Waals surface area contributed by atoms with Crippen LogP contribution in [0.1, 0.15) is 133 Å². The summed E-state index contributed by atoms with van der Waals surface area (Å²) < 4.78 is 6.95. The molecule has 4 bridgehead atoms. The van der Waals surface area contributed by atoms with Gasteiger partial charge in [-0.15, -0.1) is 9.46 Å². The predicted molar refractivity (Wildman–Crippen MR) is 245 cm³/mol. The van der Waals surface area contributed by atoms with Gasteiger partial charge in [0.1, 0.15) is 41.3 Å². The second kappa shape index (κ2) is 27.2. The first-order chi connectivity index (χ1) is 31.3. The highest BCUT2D eigenvalue weighted by Crippen LogP contribution is 2.09. The maximum atomic E-state index is 14.1. The topological polar surface area (TPSA) is 241 Å². The number of carbonyl (C=O) groups excluding carboxylic acids is 5. The zero-order chi connectivity index (χ0) is 47.0. The molecule has 19 heteroatoms. The Hall–Kier alpha value is -6.21. The normalized spacial score (nSPS) is 16.6. The average Bonchev–Trinajstić information content (AvgIpc) is 3.27. The Kier molecular flexibility index (Phi) is 21.5. The number of rotatable bonds is 12. The zero-order valence-electron chi connectivity index (χ0n) is 38.2. The average molecular weight is 906 g/mol. The molecule has 19 nitrogen and oxygen atoms in total. The van der Waals surface area contributed by atoms with Crippen molar-refractivity contribution < 1.29 is 38.4 Å². The van der Waals surface area contributed by atoms with Gasteiger partial charge in [0, 0.05) is 32.2 Å². The molecule has 3 aromatic rings. The summed E-state index contributed by atoms with van der Waals surface area (Å²) in [7, 11) is 0. The molecule has 3 aliphatic rings. The van der Waals surface area contributed by atoms with Crippen molar-refractivity contribution in [1.82, 2.24) is 46.7 Å². The molecule has 3 aliphatic heterocycles. The minimum Gasteiger partial charge on any atom is -0.444 e. The fraction of sp³-hybridized carbons (Fsp3) is 0.543. The second-order valence-corrected chi connectivity index (χ2v) is 16.6. The summed E-state index contributed by atoms with van der Waals surface area (Å²) in [6.07, 6.45) is 5.09. The van der Waals surface area contributed by atoms with Crippen molar-refractivity contribution in [3.8, 4) is 0 Å². The first kappa shape index (κ1) is 51.4. The van der Waals surface area contributed by atoms with Crippen LogP contribution in [0.25, 0.3) is 0 Å². The van der Waals surface area contributed by atoms with E-state index >= 15 is 0 Å². The number of amides is 5. The maximum Gasteiger partial charge on any atom is 0.407 e. The van der Waals surface area contributed by atoms with Crippen molar-refractivity contribution in [2.24, 2.45) is 0 Å². The third-order valence-corrected chi connectivity index (χ3v) is 10.0. The van der Waals surface area contributed by atoms with Crippen molar-refractivity contribution in [3.05, 3.63) is 103 Å². The fourth-order valence-electron chi connectivity index (χ4n) is 6.57. The van der Waals surface area contributed by atoms with Crippen LogP contribution in [-0.4, -0.2) is 110 Å². The highest BCUT2D eigenvalue weighted by atomic mass is 16.7. The van der Waals surface area contributed by atoms with Gasteiger partial charge < -0.3 is 51.6 Å². The number of benzene rings is 1. The molecule has 1 aromatic carbocycles. The summed E-state index contributed by atoms with van der Waals surface area (Å²) >= 11 is 0. The van der Waals surface area contributed by atoms with Crippen molar-refractivity contribution >= 4 is 29.7 Å². The van der Waals surface area contributed by atoms with E-state index in [2.05, 4.69) is 37.2 Å². The van der Waals surface area contributed by atoms with Crippen LogP contribution in [0.4, 0.5) is 4.79 Å². The maximum absolute atomic E-state index is 14.1. The van der Waals surface area contributed by atoms with Crippen molar-refractivity contribution in [1.29, 1.82) is 0 Å². The number of carbonyl (C=O) groups is 5. The number of pyridine rings is 2. The molecule has 0 fully saturated rings. The van der Waals surface area contributed by atoms with Crippen LogP contribution in [0, 0.1) is 0 Å². The molecule has 2 aromatic heterocycles. The van der Waals surface area contributed by atoms with Gasteiger partial charge >= 0.3 is 6.09 Å². The molecule has 0 unspecified atom stereocenters. The van der Waals surface area contributed by atoms with Crippen LogP contribution in [0.5, 0.6) is 0 Å². The van der Waals surface area contributed by atoms with Gasteiger partial charge in [0.05, 0.1) is 0 Å². The molecule has 356 valence electrons. The summed E-state index contributed by atoms with van der Waals surface area (Å²) in [6, 6.07) is 13.5. The molecule has 5 heterocycles. The lowest BCUT2D eigenvalue weighted by Crippen LogP contribution is -2.47. The van der Waals surface area contributed by atoms with E-state index < -0.39 is 52.5 Å². The number of nitrogens with zero attached hydrogens (tertiary/aromatic N) is 2. The van der Waals surface area contributed by atoms with Crippen LogP contribution >= 0.6 is 0 Å². The fourth-order valence-corrected chi connectivity index (χ4v) is 6.57. The number of fused-ring (bicyclic) bond motifs is 2. The summed E-state index contributed by atoms with van der Waals surface area (Å²) in [4.78, 5) is 106. The Morgan fingerprint density at radius 3 is 1.82 bits per heavy atom. The highest BCUT2D eigenvalue weighted by molar-refractivity contribution is 5.97. The quantitative estimate of drug-likeness (QED) is 0.130. The Bertz CT molecular complexity index is 2140. The number of nitrogens with one attached hydrogen (secondary N) is 7. The van der Waals surface area contributed by atoms with E-state index in [1.54, 1.807) is 45.0 Å². The van der Waals surface area contributed by atoms with E-state index in [-0.39, 0.29) is 48.8 Å². The lowest BCUT2D eigenvalue weighted by atomic mass is 10.1. The Balaban J connectivity index is 1.63. The summed E-state index contributed by atoms with van der Waals surface area (Å²) in [6.45, 7) is 10.9. The molecular weight excluding hydrogens is 839 g/mol. The molecule has 0 saturated heterocycles. The number of aromatic nitrogens is 2. The molecule has 0 saturated carbocycles. The molecule has 6 rings (SSSR count). The van der Waals surface area contributed by atoms with Gasteiger partial charge in [-0.1, -0.05) is 43.7 Å². The standard InChI is InChI=1S/C46H67N9O10/c1-5-6-30-63-54-38-22-20-35(43(54)60)39(56)49-28-14-25-47-23-12-13-24-48-26-15-29-50-40(57)36-19-21-37(55(44(36)61)64-32-33-16-8-7-9-17-33)41(58)52-31-34(53-42(38)59)18-10-11-27-51-45(62)65-46(2,3)4/h7-9,16-17,19-22,34,47-48H,5-6,10-15,18,23-32H2,1-4H3,(H,49,56)(H,50,57)(H,51,62)(H,52,58)(H,53,59)/t34-/m0/s1. The molecule has 0 aliphatic carbocycles. The van der Waals surface area contributed by atoms with Crippen LogP contribution in [-0.2, 0) is 11.3 Å². The van der Waals surface area contributed by atoms with Gasteiger partial charge in [-0.2, -0.15) is 0 Å². The molecule has 65 heavy (non-hydrogen) atoms. The molecule has 0 spiro atoms. The first-order valence-electron chi connectivity index (χ1n) is 22.7. The highest BCUT2D eigenvalue weighted by Gasteiger charge is 2.25. The van der Waals surface area contributed by atoms with Gasteiger partial charge in [0.15, 0.2) is 0 Å². The van der Waals surface area contributed by atoms with E-state index in [0.29, 0.717) is 70.3 Å². The minimum atomic E-state index is -0.835.